The predicted octanol–water partition coefficient (Wildman–Crippen LogP) is 3.84. The van der Waals surface area contributed by atoms with E-state index in [0.29, 0.717) is 0 Å². The van der Waals surface area contributed by atoms with Crippen molar-refractivity contribution in [1.82, 2.24) is 0 Å². The summed E-state index contributed by atoms with van der Waals surface area (Å²) in [5.41, 5.74) is 0. The molecule has 0 aliphatic carbocycles. The molecule has 0 amide bonds. The summed E-state index contributed by atoms with van der Waals surface area (Å²) >= 11 is 0. The van der Waals surface area contributed by atoms with E-state index in [0.717, 1.165) is 9.79 Å². The van der Waals surface area contributed by atoms with Gasteiger partial charge in [-0.2, -0.15) is 0 Å². The smallest absolute Gasteiger partial charge is 0.352 e. The summed E-state index contributed by atoms with van der Waals surface area (Å²) in [6.07, 6.45) is 3.48. The molecular weight excluding hydrogens is 336 g/mol. The van der Waals surface area contributed by atoms with Gasteiger partial charge in [-0.05, 0) is 31.2 Å². The zero-order valence-corrected chi connectivity index (χ0v) is 15.0. The molecule has 2 rings (SSSR count). The van der Waals surface area contributed by atoms with Crippen molar-refractivity contribution in [3.63, 3.8) is 0 Å². The largest absolute Gasteiger partial charge is 0.465 e. The fourth-order valence-corrected chi connectivity index (χ4v) is 4.19. The molecule has 0 radical (unpaired) electrons. The normalized spacial score (nSPS) is 10.7. The van der Waals surface area contributed by atoms with E-state index in [2.05, 4.69) is 0 Å². The van der Waals surface area contributed by atoms with Gasteiger partial charge in [-0.3, -0.25) is 0 Å². The van der Waals surface area contributed by atoms with Crippen molar-refractivity contribution in [1.29, 1.82) is 0 Å². The summed E-state index contributed by atoms with van der Waals surface area (Å²) in [4.78, 5) is 26.7. The van der Waals surface area contributed by atoms with E-state index in [4.69, 9.17) is 9.47 Å². The zero-order valence-electron chi connectivity index (χ0n) is 14.2. The van der Waals surface area contributed by atoms with Gasteiger partial charge in [-0.15, -0.1) is 10.5 Å². The first-order valence-electron chi connectivity index (χ1n) is 7.77. The molecule has 0 spiro atoms. The Balaban J connectivity index is 2.65. The Labute approximate surface area is 150 Å². The van der Waals surface area contributed by atoms with Crippen molar-refractivity contribution in [2.24, 2.45) is 0 Å². The van der Waals surface area contributed by atoms with Gasteiger partial charge >= 0.3 is 11.9 Å². The second kappa shape index (κ2) is 9.59. The van der Waals surface area contributed by atoms with Crippen LogP contribution in [-0.2, 0) is 19.1 Å². The summed E-state index contributed by atoms with van der Waals surface area (Å²) in [5.74, 6) is -1.34. The van der Waals surface area contributed by atoms with E-state index in [1.54, 1.807) is 12.2 Å². The van der Waals surface area contributed by atoms with Crippen LogP contribution in [-0.4, -0.2) is 30.5 Å². The van der Waals surface area contributed by atoms with Crippen LogP contribution in [0.25, 0.3) is 0 Å². The number of methoxy groups -OCH3 is 1. The third-order valence-corrected chi connectivity index (χ3v) is 5.49. The van der Waals surface area contributed by atoms with Crippen LogP contribution in [0.5, 0.6) is 0 Å². The number of rotatable bonds is 6. The first kappa shape index (κ1) is 18.7. The summed E-state index contributed by atoms with van der Waals surface area (Å²) in [7, 11) is 0.352. The third kappa shape index (κ3) is 4.90. The minimum atomic E-state index is -0.911. The van der Waals surface area contributed by atoms with Gasteiger partial charge in [0.1, 0.15) is 6.61 Å². The molecule has 0 atom stereocenters. The van der Waals surface area contributed by atoms with Crippen molar-refractivity contribution in [3.8, 4) is 0 Å². The Kier molecular flexibility index (Phi) is 7.16. The molecule has 130 valence electrons. The topological polar surface area (TPSA) is 52.6 Å². The van der Waals surface area contributed by atoms with Crippen LogP contribution in [0.15, 0.2) is 82.6 Å². The lowest BCUT2D eigenvalue weighted by Gasteiger charge is -2.15. The van der Waals surface area contributed by atoms with Gasteiger partial charge in [0.2, 0.25) is 0 Å². The molecular formula is C20H20O4S. The van der Waals surface area contributed by atoms with E-state index in [9.17, 15) is 9.59 Å². The number of carbonyl (C=O) groups excluding carboxylic acids is 2. The molecule has 0 saturated carbocycles. The van der Waals surface area contributed by atoms with Gasteiger partial charge < -0.3 is 9.47 Å². The number of esters is 2. The predicted molar refractivity (Wildman–Crippen MR) is 99.8 cm³/mol. The van der Waals surface area contributed by atoms with Gasteiger partial charge in [0.15, 0.2) is 4.86 Å². The van der Waals surface area contributed by atoms with Gasteiger partial charge in [-0.1, -0.05) is 48.6 Å². The van der Waals surface area contributed by atoms with E-state index in [-0.39, 0.29) is 11.5 Å². The lowest BCUT2D eigenvalue weighted by Crippen LogP contribution is -2.28. The quantitative estimate of drug-likeness (QED) is 0.342. The zero-order chi connectivity index (χ0) is 18.1. The average molecular weight is 356 g/mol. The van der Waals surface area contributed by atoms with Gasteiger partial charge in [-0.25, -0.2) is 9.59 Å². The first-order chi connectivity index (χ1) is 12.2. The Morgan fingerprint density at radius 3 is 1.88 bits per heavy atom. The van der Waals surface area contributed by atoms with Crippen LogP contribution in [0.4, 0.5) is 0 Å². The van der Waals surface area contributed by atoms with Crippen molar-refractivity contribution >= 4 is 27.3 Å². The van der Waals surface area contributed by atoms with Gasteiger partial charge in [0, 0.05) is 9.79 Å². The highest BCUT2D eigenvalue weighted by Crippen LogP contribution is 2.37. The number of ether oxygens (including phenoxy) is 2. The molecule has 25 heavy (non-hydrogen) atoms. The van der Waals surface area contributed by atoms with Crippen molar-refractivity contribution in [3.05, 3.63) is 72.8 Å². The van der Waals surface area contributed by atoms with E-state index < -0.39 is 22.4 Å². The Morgan fingerprint density at radius 2 is 1.44 bits per heavy atom. The summed E-state index contributed by atoms with van der Waals surface area (Å²) in [6.45, 7) is 1.94. The number of hydrogen-bond acceptors (Lipinski definition) is 4. The molecule has 4 nitrogen and oxygen atoms in total. The molecule has 0 aromatic heterocycles. The van der Waals surface area contributed by atoms with Crippen LogP contribution in [0.1, 0.15) is 6.92 Å². The molecule has 2 aromatic rings. The first-order valence-corrected chi connectivity index (χ1v) is 8.99. The lowest BCUT2D eigenvalue weighted by molar-refractivity contribution is -0.138. The fourth-order valence-electron chi connectivity index (χ4n) is 2.11. The maximum Gasteiger partial charge on any atom is 0.352 e. The summed E-state index contributed by atoms with van der Waals surface area (Å²) in [6, 6.07) is 18.8. The minimum absolute atomic E-state index is 0.00981. The maximum absolute atomic E-state index is 12.6. The number of allylic oxidation sites excluding steroid dienone is 1. The molecule has 0 unspecified atom stereocenters. The Hall–Kier alpha value is -2.66. The number of hydrogen-bond donors (Lipinski definition) is 0. The molecule has 5 heteroatoms. The van der Waals surface area contributed by atoms with Crippen LogP contribution >= 0.6 is 10.5 Å². The van der Waals surface area contributed by atoms with Gasteiger partial charge in [0.05, 0.1) is 7.11 Å². The van der Waals surface area contributed by atoms with Crippen molar-refractivity contribution in [2.45, 2.75) is 16.7 Å². The maximum atomic E-state index is 12.6. The second-order valence-electron chi connectivity index (χ2n) is 4.92. The third-order valence-electron chi connectivity index (χ3n) is 3.26. The molecule has 0 heterocycles. The van der Waals surface area contributed by atoms with Crippen LogP contribution in [0.2, 0.25) is 0 Å². The monoisotopic (exact) mass is 356 g/mol. The number of carbonyl (C=O) groups is 2. The highest BCUT2D eigenvalue weighted by atomic mass is 32.2. The van der Waals surface area contributed by atoms with Crippen LogP contribution in [0.3, 0.4) is 0 Å². The highest BCUT2D eigenvalue weighted by Gasteiger charge is 2.26. The van der Waals surface area contributed by atoms with E-state index >= 15 is 0 Å². The van der Waals surface area contributed by atoms with Crippen molar-refractivity contribution in [2.75, 3.05) is 13.7 Å². The average Bonchev–Trinajstić information content (AvgIpc) is 2.67. The standard InChI is InChI=1S/C20H20O4S/c1-3-4-15-24-20(22)18(19(21)23-2)25(16-11-7-5-8-12-16)17-13-9-6-10-14-17/h3-14H,15H2,1-2H3/b4-3+. The fraction of sp³-hybridized carbons (Fsp3) is 0.150. The van der Waals surface area contributed by atoms with Gasteiger partial charge in [0.25, 0.3) is 0 Å². The molecule has 0 saturated heterocycles. The number of benzene rings is 2. The molecule has 0 N–H and O–H groups in total. The van der Waals surface area contributed by atoms with E-state index in [1.807, 2.05) is 67.6 Å². The molecule has 0 fully saturated rings. The Bertz CT molecular complexity index is 738. The second-order valence-corrected chi connectivity index (χ2v) is 6.88. The molecule has 0 bridgehead atoms. The van der Waals surface area contributed by atoms with Crippen molar-refractivity contribution < 1.29 is 19.1 Å². The summed E-state index contributed by atoms with van der Waals surface area (Å²) < 4.78 is 10.1. The van der Waals surface area contributed by atoms with E-state index in [1.165, 1.54) is 7.11 Å². The highest BCUT2D eigenvalue weighted by molar-refractivity contribution is 8.18. The Morgan fingerprint density at radius 1 is 0.920 bits per heavy atom. The SMILES string of the molecule is C/C=C/COC(=O)C(C(=O)OC)=S(c1ccccc1)c1ccccc1. The molecule has 0 aliphatic rings. The van der Waals surface area contributed by atoms with Crippen LogP contribution in [0, 0.1) is 0 Å². The van der Waals surface area contributed by atoms with Crippen LogP contribution < -0.4 is 0 Å². The minimum Gasteiger partial charge on any atom is -0.465 e. The molecule has 2 aromatic carbocycles. The lowest BCUT2D eigenvalue weighted by atomic mass is 10.4. The molecule has 0 aliphatic heterocycles. The summed E-state index contributed by atoms with van der Waals surface area (Å²) in [5, 5.41) is 0.